The third-order valence-electron chi connectivity index (χ3n) is 5.40. The van der Waals surface area contributed by atoms with Crippen molar-refractivity contribution in [1.29, 1.82) is 0 Å². The van der Waals surface area contributed by atoms with Crippen molar-refractivity contribution in [1.82, 2.24) is 24.7 Å². The van der Waals surface area contributed by atoms with Crippen LogP contribution in [-0.2, 0) is 11.3 Å². The SMILES string of the molecule is CCOC(=O)c1c(Cn2cncn2)nc2sc3ncccc3c2c1-c1ccc(OC)c(OC)c1. The summed E-state index contributed by atoms with van der Waals surface area (Å²) in [6, 6.07) is 9.44. The number of carbonyl (C=O) groups excluding carboxylic acids is 1. The first kappa shape index (κ1) is 21.8. The molecule has 0 aliphatic carbocycles. The summed E-state index contributed by atoms with van der Waals surface area (Å²) in [7, 11) is 3.16. The molecular formula is C24H21N5O4S. The number of pyridine rings is 2. The summed E-state index contributed by atoms with van der Waals surface area (Å²) in [4.78, 5) is 28.4. The summed E-state index contributed by atoms with van der Waals surface area (Å²) in [6.07, 6.45) is 4.78. The van der Waals surface area contributed by atoms with Crippen LogP contribution in [0.25, 0.3) is 31.6 Å². The molecule has 4 heterocycles. The monoisotopic (exact) mass is 475 g/mol. The maximum absolute atomic E-state index is 13.4. The van der Waals surface area contributed by atoms with E-state index in [2.05, 4.69) is 15.1 Å². The van der Waals surface area contributed by atoms with Crippen LogP contribution in [0.15, 0.2) is 49.2 Å². The van der Waals surface area contributed by atoms with Gasteiger partial charge in [-0.3, -0.25) is 0 Å². The van der Waals surface area contributed by atoms with Crippen molar-refractivity contribution < 1.29 is 19.0 Å². The van der Waals surface area contributed by atoms with Crippen molar-refractivity contribution in [3.8, 4) is 22.6 Å². The topological polar surface area (TPSA) is 101 Å². The predicted octanol–water partition coefficient (Wildman–Crippen LogP) is 4.35. The number of carbonyl (C=O) groups is 1. The van der Waals surface area contributed by atoms with Gasteiger partial charge >= 0.3 is 5.97 Å². The van der Waals surface area contributed by atoms with Gasteiger partial charge in [0, 0.05) is 22.5 Å². The molecule has 1 aromatic carbocycles. The van der Waals surface area contributed by atoms with Crippen LogP contribution in [0.2, 0.25) is 0 Å². The van der Waals surface area contributed by atoms with Gasteiger partial charge in [0.1, 0.15) is 22.3 Å². The minimum Gasteiger partial charge on any atom is -0.493 e. The Bertz CT molecular complexity index is 1500. The molecule has 0 atom stereocenters. The van der Waals surface area contributed by atoms with Gasteiger partial charge in [0.05, 0.1) is 38.6 Å². The fraction of sp³-hybridized carbons (Fsp3) is 0.208. The van der Waals surface area contributed by atoms with Gasteiger partial charge in [0.25, 0.3) is 0 Å². The van der Waals surface area contributed by atoms with Crippen LogP contribution < -0.4 is 9.47 Å². The Labute approximate surface area is 199 Å². The smallest absolute Gasteiger partial charge is 0.340 e. The van der Waals surface area contributed by atoms with Crippen LogP contribution in [0.1, 0.15) is 23.0 Å². The summed E-state index contributed by atoms with van der Waals surface area (Å²) in [5.74, 6) is 0.684. The van der Waals surface area contributed by atoms with Crippen molar-refractivity contribution in [2.45, 2.75) is 13.5 Å². The first-order chi connectivity index (χ1) is 16.6. The number of methoxy groups -OCH3 is 2. The second kappa shape index (κ2) is 9.06. The van der Waals surface area contributed by atoms with E-state index in [0.29, 0.717) is 28.3 Å². The Hall–Kier alpha value is -4.05. The molecule has 0 spiro atoms. The molecule has 0 amide bonds. The summed E-state index contributed by atoms with van der Waals surface area (Å²) in [5.41, 5.74) is 2.39. The lowest BCUT2D eigenvalue weighted by molar-refractivity contribution is 0.0525. The number of esters is 1. The Morgan fingerprint density at radius 1 is 1.12 bits per heavy atom. The molecule has 0 N–H and O–H groups in total. The number of hydrogen-bond donors (Lipinski definition) is 0. The van der Waals surface area contributed by atoms with Gasteiger partial charge in [-0.15, -0.1) is 0 Å². The lowest BCUT2D eigenvalue weighted by Gasteiger charge is -2.17. The van der Waals surface area contributed by atoms with Crippen LogP contribution >= 0.6 is 11.3 Å². The lowest BCUT2D eigenvalue weighted by atomic mass is 9.94. The number of thiophene rings is 1. The van der Waals surface area contributed by atoms with Gasteiger partial charge in [0.2, 0.25) is 0 Å². The standard InChI is InChI=1S/C24H21N5O4S/c1-4-33-24(30)21-16(11-29-13-25-12-27-29)28-23-20(15-6-5-9-26-22(15)34-23)19(21)14-7-8-17(31-2)18(10-14)32-3/h5-10,12-13H,4,11H2,1-3H3. The largest absolute Gasteiger partial charge is 0.493 e. The van der Waals surface area contributed by atoms with Crippen molar-refractivity contribution >= 4 is 37.7 Å². The normalized spacial score (nSPS) is 11.1. The van der Waals surface area contributed by atoms with Crippen molar-refractivity contribution in [2.75, 3.05) is 20.8 Å². The van der Waals surface area contributed by atoms with Gasteiger partial charge in [-0.25, -0.2) is 24.4 Å². The highest BCUT2D eigenvalue weighted by atomic mass is 32.1. The number of rotatable bonds is 7. The second-order valence-electron chi connectivity index (χ2n) is 7.33. The van der Waals surface area contributed by atoms with Crippen molar-refractivity contribution in [3.05, 3.63) is 60.4 Å². The summed E-state index contributed by atoms with van der Waals surface area (Å²) >= 11 is 1.47. The molecule has 10 heteroatoms. The maximum atomic E-state index is 13.4. The maximum Gasteiger partial charge on any atom is 0.340 e. The molecule has 0 aliphatic heterocycles. The van der Waals surface area contributed by atoms with Gasteiger partial charge in [-0.2, -0.15) is 5.10 Å². The third kappa shape index (κ3) is 3.71. The van der Waals surface area contributed by atoms with Crippen LogP contribution in [0.4, 0.5) is 0 Å². The fourth-order valence-electron chi connectivity index (χ4n) is 3.97. The number of benzene rings is 1. The molecule has 0 aliphatic rings. The fourth-order valence-corrected chi connectivity index (χ4v) is 5.02. The number of aromatic nitrogens is 5. The van der Waals surface area contributed by atoms with Crippen molar-refractivity contribution in [3.63, 3.8) is 0 Å². The Morgan fingerprint density at radius 3 is 2.71 bits per heavy atom. The van der Waals surface area contributed by atoms with E-state index in [1.807, 2.05) is 30.3 Å². The highest BCUT2D eigenvalue weighted by Crippen LogP contribution is 2.43. The van der Waals surface area contributed by atoms with Gasteiger partial charge in [-0.05, 0) is 36.8 Å². The molecular weight excluding hydrogens is 454 g/mol. The van der Waals surface area contributed by atoms with E-state index in [4.69, 9.17) is 19.2 Å². The molecule has 172 valence electrons. The average molecular weight is 476 g/mol. The second-order valence-corrected chi connectivity index (χ2v) is 8.31. The molecule has 0 fully saturated rings. The van der Waals surface area contributed by atoms with Gasteiger partial charge < -0.3 is 14.2 Å². The van der Waals surface area contributed by atoms with Crippen LogP contribution in [0.5, 0.6) is 11.5 Å². The van der Waals surface area contributed by atoms with E-state index < -0.39 is 5.97 Å². The minimum absolute atomic E-state index is 0.233. The van der Waals surface area contributed by atoms with E-state index in [-0.39, 0.29) is 13.2 Å². The summed E-state index contributed by atoms with van der Waals surface area (Å²) in [5, 5.41) is 5.95. The molecule has 9 nitrogen and oxygen atoms in total. The zero-order valence-electron chi connectivity index (χ0n) is 18.8. The average Bonchev–Trinajstić information content (AvgIpc) is 3.50. The Balaban J connectivity index is 1.90. The molecule has 0 saturated heterocycles. The Kier molecular flexibility index (Phi) is 5.81. The number of nitrogens with zero attached hydrogens (tertiary/aromatic N) is 5. The summed E-state index contributed by atoms with van der Waals surface area (Å²) in [6.45, 7) is 2.27. The quantitative estimate of drug-likeness (QED) is 0.320. The van der Waals surface area contributed by atoms with E-state index in [1.165, 1.54) is 17.7 Å². The van der Waals surface area contributed by atoms with Crippen LogP contribution in [0, 0.1) is 0 Å². The highest BCUT2D eigenvalue weighted by Gasteiger charge is 2.27. The van der Waals surface area contributed by atoms with Crippen molar-refractivity contribution in [2.24, 2.45) is 0 Å². The Morgan fingerprint density at radius 2 is 1.97 bits per heavy atom. The first-order valence-electron chi connectivity index (χ1n) is 10.6. The highest BCUT2D eigenvalue weighted by molar-refractivity contribution is 7.25. The van der Waals surface area contributed by atoms with Crippen LogP contribution in [-0.4, -0.2) is 51.5 Å². The third-order valence-corrected chi connectivity index (χ3v) is 6.41. The molecule has 5 aromatic rings. The van der Waals surface area contributed by atoms with Crippen LogP contribution in [0.3, 0.4) is 0 Å². The van der Waals surface area contributed by atoms with E-state index >= 15 is 0 Å². The van der Waals surface area contributed by atoms with E-state index in [0.717, 1.165) is 26.0 Å². The molecule has 0 radical (unpaired) electrons. The van der Waals surface area contributed by atoms with Gasteiger partial charge in [-0.1, -0.05) is 17.4 Å². The van der Waals surface area contributed by atoms with E-state index in [1.54, 1.807) is 38.3 Å². The number of ether oxygens (including phenoxy) is 3. The molecule has 0 unspecified atom stereocenters. The lowest BCUT2D eigenvalue weighted by Crippen LogP contribution is -2.15. The van der Waals surface area contributed by atoms with Gasteiger partial charge in [0.15, 0.2) is 11.5 Å². The zero-order valence-corrected chi connectivity index (χ0v) is 19.6. The number of hydrogen-bond acceptors (Lipinski definition) is 9. The first-order valence-corrected chi connectivity index (χ1v) is 11.4. The molecule has 34 heavy (non-hydrogen) atoms. The molecule has 5 rings (SSSR count). The molecule has 4 aromatic heterocycles. The minimum atomic E-state index is -0.458. The molecule has 0 bridgehead atoms. The predicted molar refractivity (Wildman–Crippen MR) is 129 cm³/mol. The zero-order chi connectivity index (χ0) is 23.7. The molecule has 0 saturated carbocycles. The summed E-state index contributed by atoms with van der Waals surface area (Å²) < 4.78 is 18.1. The number of fused-ring (bicyclic) bond motifs is 3. The van der Waals surface area contributed by atoms with E-state index in [9.17, 15) is 4.79 Å².